The number of amides is 1. The van der Waals surface area contributed by atoms with Crippen LogP contribution in [0.5, 0.6) is 0 Å². The predicted molar refractivity (Wildman–Crippen MR) is 107 cm³/mol. The van der Waals surface area contributed by atoms with Crippen LogP contribution in [-0.2, 0) is 11.2 Å². The van der Waals surface area contributed by atoms with E-state index in [-0.39, 0.29) is 5.91 Å². The van der Waals surface area contributed by atoms with Crippen molar-refractivity contribution < 1.29 is 9.21 Å². The third-order valence-electron chi connectivity index (χ3n) is 4.54. The molecule has 27 heavy (non-hydrogen) atoms. The van der Waals surface area contributed by atoms with Crippen molar-refractivity contribution in [3.63, 3.8) is 0 Å². The minimum absolute atomic E-state index is 0.119. The van der Waals surface area contributed by atoms with Gasteiger partial charge in [-0.15, -0.1) is 10.2 Å². The van der Waals surface area contributed by atoms with Crippen molar-refractivity contribution in [2.75, 3.05) is 11.4 Å². The largest absolute Gasteiger partial charge is 0.421 e. The number of aromatic nitrogens is 2. The number of carbonyl (C=O) groups is 1. The molecule has 1 heterocycles. The van der Waals surface area contributed by atoms with Gasteiger partial charge in [-0.1, -0.05) is 30.3 Å². The van der Waals surface area contributed by atoms with Crippen molar-refractivity contribution in [1.29, 1.82) is 0 Å². The summed E-state index contributed by atoms with van der Waals surface area (Å²) in [6.07, 6.45) is 1.72. The van der Waals surface area contributed by atoms with Crippen LogP contribution in [0.3, 0.4) is 0 Å². The van der Waals surface area contributed by atoms with Gasteiger partial charge in [0, 0.05) is 30.6 Å². The second kappa shape index (κ2) is 8.62. The van der Waals surface area contributed by atoms with E-state index in [0.717, 1.165) is 22.4 Å². The maximum Gasteiger partial charge on any atom is 0.247 e. The first-order valence-electron chi connectivity index (χ1n) is 9.34. The summed E-state index contributed by atoms with van der Waals surface area (Å²) in [7, 11) is 0. The number of aryl methyl sites for hydroxylation is 3. The number of hydrogen-bond donors (Lipinski definition) is 0. The zero-order chi connectivity index (χ0) is 19.2. The molecule has 0 N–H and O–H groups in total. The molecule has 0 atom stereocenters. The molecule has 5 heteroatoms. The maximum absolute atomic E-state index is 12.7. The van der Waals surface area contributed by atoms with Gasteiger partial charge in [0.25, 0.3) is 0 Å². The van der Waals surface area contributed by atoms with E-state index in [0.29, 0.717) is 37.6 Å². The van der Waals surface area contributed by atoms with E-state index < -0.39 is 0 Å². The number of rotatable bonds is 7. The molecule has 0 aliphatic carbocycles. The van der Waals surface area contributed by atoms with Crippen molar-refractivity contribution in [2.24, 2.45) is 0 Å². The molecule has 0 unspecified atom stereocenters. The van der Waals surface area contributed by atoms with Crippen LogP contribution in [0.25, 0.3) is 11.5 Å². The van der Waals surface area contributed by atoms with Gasteiger partial charge in [0.2, 0.25) is 17.7 Å². The standard InChI is InChI=1S/C22H25N3O2/c1-4-25(19-15-16(2)13-14-17(19)3)21(26)12-8-11-20-23-24-22(27-20)18-9-6-5-7-10-18/h5-7,9-10,13-15H,4,8,11-12H2,1-3H3. The normalized spacial score (nSPS) is 10.8. The van der Waals surface area contributed by atoms with Gasteiger partial charge in [-0.25, -0.2) is 0 Å². The first kappa shape index (κ1) is 18.8. The fourth-order valence-electron chi connectivity index (χ4n) is 3.07. The van der Waals surface area contributed by atoms with Crippen LogP contribution in [-0.4, -0.2) is 22.6 Å². The van der Waals surface area contributed by atoms with Crippen LogP contribution >= 0.6 is 0 Å². The highest BCUT2D eigenvalue weighted by atomic mass is 16.4. The van der Waals surface area contributed by atoms with E-state index in [1.807, 2.05) is 56.0 Å². The lowest BCUT2D eigenvalue weighted by atomic mass is 10.1. The van der Waals surface area contributed by atoms with Crippen molar-refractivity contribution >= 4 is 11.6 Å². The molecule has 0 fully saturated rings. The van der Waals surface area contributed by atoms with E-state index in [1.165, 1.54) is 0 Å². The van der Waals surface area contributed by atoms with Gasteiger partial charge in [-0.2, -0.15) is 0 Å². The van der Waals surface area contributed by atoms with Gasteiger partial charge in [0.1, 0.15) is 0 Å². The van der Waals surface area contributed by atoms with Gasteiger partial charge in [0.05, 0.1) is 0 Å². The highest BCUT2D eigenvalue weighted by Gasteiger charge is 2.16. The second-order valence-electron chi connectivity index (χ2n) is 6.65. The lowest BCUT2D eigenvalue weighted by Gasteiger charge is -2.23. The topological polar surface area (TPSA) is 59.2 Å². The highest BCUT2D eigenvalue weighted by molar-refractivity contribution is 5.94. The summed E-state index contributed by atoms with van der Waals surface area (Å²) in [5.74, 6) is 1.20. The summed E-state index contributed by atoms with van der Waals surface area (Å²) in [5, 5.41) is 8.19. The average molecular weight is 363 g/mol. The molecule has 0 saturated carbocycles. The third kappa shape index (κ3) is 4.61. The minimum Gasteiger partial charge on any atom is -0.421 e. The van der Waals surface area contributed by atoms with Crippen LogP contribution in [0.4, 0.5) is 5.69 Å². The second-order valence-corrected chi connectivity index (χ2v) is 6.65. The SMILES string of the molecule is CCN(C(=O)CCCc1nnc(-c2ccccc2)o1)c1cc(C)ccc1C. The highest BCUT2D eigenvalue weighted by Crippen LogP contribution is 2.23. The van der Waals surface area contributed by atoms with Crippen molar-refractivity contribution in [1.82, 2.24) is 10.2 Å². The van der Waals surface area contributed by atoms with Gasteiger partial charge < -0.3 is 9.32 Å². The lowest BCUT2D eigenvalue weighted by Crippen LogP contribution is -2.31. The summed E-state index contributed by atoms with van der Waals surface area (Å²) in [6, 6.07) is 15.9. The molecular weight excluding hydrogens is 338 g/mol. The molecule has 0 spiro atoms. The summed E-state index contributed by atoms with van der Waals surface area (Å²) in [5.41, 5.74) is 4.16. The number of anilines is 1. The number of nitrogens with zero attached hydrogens (tertiary/aromatic N) is 3. The molecule has 0 radical (unpaired) electrons. The number of carbonyl (C=O) groups excluding carboxylic acids is 1. The molecule has 3 aromatic rings. The Bertz CT molecular complexity index is 903. The Morgan fingerprint density at radius 3 is 2.59 bits per heavy atom. The van der Waals surface area contributed by atoms with E-state index in [4.69, 9.17) is 4.42 Å². The van der Waals surface area contributed by atoms with Gasteiger partial charge in [-0.3, -0.25) is 4.79 Å². The first-order chi connectivity index (χ1) is 13.1. The fourth-order valence-corrected chi connectivity index (χ4v) is 3.07. The molecule has 0 aliphatic heterocycles. The number of hydrogen-bond acceptors (Lipinski definition) is 4. The van der Waals surface area contributed by atoms with E-state index in [9.17, 15) is 4.79 Å². The minimum atomic E-state index is 0.119. The number of benzene rings is 2. The Morgan fingerprint density at radius 1 is 1.07 bits per heavy atom. The van der Waals surface area contributed by atoms with Gasteiger partial charge >= 0.3 is 0 Å². The van der Waals surface area contributed by atoms with Crippen LogP contribution in [0.1, 0.15) is 36.8 Å². The fraction of sp³-hybridized carbons (Fsp3) is 0.318. The van der Waals surface area contributed by atoms with Crippen LogP contribution in [0, 0.1) is 13.8 Å². The van der Waals surface area contributed by atoms with E-state index in [1.54, 1.807) is 0 Å². The molecule has 0 aliphatic rings. The molecule has 0 saturated heterocycles. The summed E-state index contributed by atoms with van der Waals surface area (Å²) in [6.45, 7) is 6.74. The summed E-state index contributed by atoms with van der Waals surface area (Å²) >= 11 is 0. The zero-order valence-electron chi connectivity index (χ0n) is 16.1. The Morgan fingerprint density at radius 2 is 1.85 bits per heavy atom. The van der Waals surface area contributed by atoms with E-state index in [2.05, 4.69) is 28.4 Å². The Hall–Kier alpha value is -2.95. The predicted octanol–water partition coefficient (Wildman–Crippen LogP) is 4.73. The molecule has 5 nitrogen and oxygen atoms in total. The first-order valence-corrected chi connectivity index (χ1v) is 9.34. The molecule has 140 valence electrons. The van der Waals surface area contributed by atoms with Crippen molar-refractivity contribution in [3.8, 4) is 11.5 Å². The zero-order valence-corrected chi connectivity index (χ0v) is 16.1. The smallest absolute Gasteiger partial charge is 0.247 e. The lowest BCUT2D eigenvalue weighted by molar-refractivity contribution is -0.118. The maximum atomic E-state index is 12.7. The summed E-state index contributed by atoms with van der Waals surface area (Å²) < 4.78 is 5.71. The Balaban J connectivity index is 1.59. The van der Waals surface area contributed by atoms with Crippen LogP contribution in [0.2, 0.25) is 0 Å². The quantitative estimate of drug-likeness (QED) is 0.609. The molecular formula is C22H25N3O2. The van der Waals surface area contributed by atoms with Crippen LogP contribution < -0.4 is 4.90 Å². The molecule has 0 bridgehead atoms. The van der Waals surface area contributed by atoms with Crippen molar-refractivity contribution in [2.45, 2.75) is 40.0 Å². The molecule has 1 amide bonds. The monoisotopic (exact) mass is 363 g/mol. The third-order valence-corrected chi connectivity index (χ3v) is 4.54. The molecule has 3 rings (SSSR count). The Labute approximate surface area is 160 Å². The average Bonchev–Trinajstić information content (AvgIpc) is 3.15. The molecule has 1 aromatic heterocycles. The van der Waals surface area contributed by atoms with E-state index >= 15 is 0 Å². The van der Waals surface area contributed by atoms with Crippen molar-refractivity contribution in [3.05, 3.63) is 65.5 Å². The molecule has 2 aromatic carbocycles. The van der Waals surface area contributed by atoms with Gasteiger partial charge in [0.15, 0.2) is 0 Å². The Kier molecular flexibility index (Phi) is 6.01. The van der Waals surface area contributed by atoms with Crippen LogP contribution in [0.15, 0.2) is 52.9 Å². The van der Waals surface area contributed by atoms with Gasteiger partial charge in [-0.05, 0) is 56.5 Å². The summed E-state index contributed by atoms with van der Waals surface area (Å²) in [4.78, 5) is 14.6.